The minimum atomic E-state index is -0.942. The molecular formula is C8H8ClNO2S. The van der Waals surface area contributed by atoms with Gasteiger partial charge in [-0.3, -0.25) is 0 Å². The van der Waals surface area contributed by atoms with Crippen molar-refractivity contribution >= 4 is 28.9 Å². The smallest absolute Gasteiger partial charge is 0.345 e. The van der Waals surface area contributed by atoms with E-state index in [0.717, 1.165) is 29.7 Å². The third-order valence-electron chi connectivity index (χ3n) is 2.22. The van der Waals surface area contributed by atoms with Crippen molar-refractivity contribution in [3.63, 3.8) is 0 Å². The normalized spacial score (nSPS) is 18.6. The van der Waals surface area contributed by atoms with Crippen molar-refractivity contribution < 1.29 is 9.90 Å². The number of nitrogens with two attached hydrogens (primary N) is 1. The molecule has 70 valence electrons. The fourth-order valence-corrected chi connectivity index (χ4v) is 2.54. The summed E-state index contributed by atoms with van der Waals surface area (Å²) in [6.07, 6.45) is 1.78. The van der Waals surface area contributed by atoms with Crippen molar-refractivity contribution in [2.45, 2.75) is 18.4 Å². The predicted molar refractivity (Wildman–Crippen MR) is 51.4 cm³/mol. The van der Waals surface area contributed by atoms with Gasteiger partial charge in [-0.05, 0) is 18.9 Å². The lowest BCUT2D eigenvalue weighted by molar-refractivity contribution is 0.0702. The Balaban J connectivity index is 2.42. The Bertz CT molecular complexity index is 370. The van der Waals surface area contributed by atoms with Crippen LogP contribution in [0.5, 0.6) is 0 Å². The Kier molecular flexibility index (Phi) is 1.87. The summed E-state index contributed by atoms with van der Waals surface area (Å²) in [5.41, 5.74) is 6.35. The second kappa shape index (κ2) is 2.70. The molecule has 1 saturated carbocycles. The molecule has 1 heterocycles. The first-order valence-corrected chi connectivity index (χ1v) is 5.04. The van der Waals surface area contributed by atoms with Crippen LogP contribution in [0.4, 0.5) is 0 Å². The fraction of sp³-hybridized carbons (Fsp3) is 0.375. The second-order valence-corrected chi connectivity index (χ2v) is 4.91. The highest BCUT2D eigenvalue weighted by molar-refractivity contribution is 7.18. The number of hydrogen-bond acceptors (Lipinski definition) is 3. The van der Waals surface area contributed by atoms with Crippen LogP contribution >= 0.6 is 22.9 Å². The Hall–Kier alpha value is -0.580. The highest BCUT2D eigenvalue weighted by atomic mass is 35.5. The molecule has 13 heavy (non-hydrogen) atoms. The van der Waals surface area contributed by atoms with E-state index in [0.29, 0.717) is 4.34 Å². The minimum Gasteiger partial charge on any atom is -0.477 e. The Morgan fingerprint density at radius 1 is 1.69 bits per heavy atom. The summed E-state index contributed by atoms with van der Waals surface area (Å²) in [6.45, 7) is 0. The first kappa shape index (κ1) is 8.99. The first-order valence-electron chi connectivity index (χ1n) is 3.85. The van der Waals surface area contributed by atoms with Gasteiger partial charge in [0.1, 0.15) is 4.88 Å². The molecule has 0 unspecified atom stereocenters. The number of carbonyl (C=O) groups is 1. The molecule has 0 amide bonds. The van der Waals surface area contributed by atoms with Crippen LogP contribution in [0.3, 0.4) is 0 Å². The van der Waals surface area contributed by atoms with Crippen LogP contribution in [0.2, 0.25) is 4.34 Å². The average molecular weight is 218 g/mol. The summed E-state index contributed by atoms with van der Waals surface area (Å²) in [4.78, 5) is 10.9. The Morgan fingerprint density at radius 3 is 2.69 bits per heavy atom. The van der Waals surface area contributed by atoms with Gasteiger partial charge in [-0.25, -0.2) is 4.79 Å². The van der Waals surface area contributed by atoms with Crippen LogP contribution in [0, 0.1) is 0 Å². The summed E-state index contributed by atoms with van der Waals surface area (Å²) < 4.78 is 0.511. The molecule has 0 aromatic carbocycles. The van der Waals surface area contributed by atoms with E-state index in [2.05, 4.69) is 0 Å². The minimum absolute atomic E-state index is 0.261. The molecule has 1 aromatic heterocycles. The van der Waals surface area contributed by atoms with Gasteiger partial charge >= 0.3 is 5.97 Å². The lowest BCUT2D eigenvalue weighted by Gasteiger charge is -2.04. The molecule has 0 aliphatic heterocycles. The Morgan fingerprint density at radius 2 is 2.31 bits per heavy atom. The van der Waals surface area contributed by atoms with E-state index in [1.165, 1.54) is 0 Å². The van der Waals surface area contributed by atoms with Gasteiger partial charge in [0.25, 0.3) is 0 Å². The third kappa shape index (κ3) is 1.45. The van der Waals surface area contributed by atoms with Crippen LogP contribution in [-0.4, -0.2) is 11.1 Å². The quantitative estimate of drug-likeness (QED) is 0.797. The topological polar surface area (TPSA) is 63.3 Å². The van der Waals surface area contributed by atoms with Gasteiger partial charge in [0.15, 0.2) is 0 Å². The summed E-state index contributed by atoms with van der Waals surface area (Å²) >= 11 is 6.96. The lowest BCUT2D eigenvalue weighted by atomic mass is 10.1. The molecule has 0 saturated heterocycles. The largest absolute Gasteiger partial charge is 0.477 e. The summed E-state index contributed by atoms with van der Waals surface area (Å²) in [6, 6.07) is 1.59. The standard InChI is InChI=1S/C8H8ClNO2S/c9-6-4(8(10)1-2-8)3-5(13-6)7(11)12/h3H,1-2,10H2,(H,11,12). The SMILES string of the molecule is NC1(c2cc(C(=O)O)sc2Cl)CC1. The fourth-order valence-electron chi connectivity index (χ4n) is 1.22. The van der Waals surface area contributed by atoms with Crippen LogP contribution in [0.15, 0.2) is 6.07 Å². The molecule has 1 aliphatic carbocycles. The van der Waals surface area contributed by atoms with Crippen molar-refractivity contribution in [1.82, 2.24) is 0 Å². The van der Waals surface area contributed by atoms with Crippen molar-refractivity contribution in [2.75, 3.05) is 0 Å². The highest BCUT2D eigenvalue weighted by Gasteiger charge is 2.42. The molecule has 3 nitrogen and oxygen atoms in total. The molecule has 5 heteroatoms. The van der Waals surface area contributed by atoms with E-state index in [4.69, 9.17) is 22.4 Å². The molecule has 0 radical (unpaired) electrons. The second-order valence-electron chi connectivity index (χ2n) is 3.26. The number of rotatable bonds is 2. The van der Waals surface area contributed by atoms with Gasteiger partial charge in [-0.15, -0.1) is 11.3 Å². The number of aromatic carboxylic acids is 1. The first-order chi connectivity index (χ1) is 6.03. The van der Waals surface area contributed by atoms with Crippen molar-refractivity contribution in [3.05, 3.63) is 20.8 Å². The summed E-state index contributed by atoms with van der Waals surface area (Å²) in [5.74, 6) is -0.942. The van der Waals surface area contributed by atoms with Crippen molar-refractivity contribution in [1.29, 1.82) is 0 Å². The maximum absolute atomic E-state index is 10.6. The average Bonchev–Trinajstić information content (AvgIpc) is 2.63. The lowest BCUT2D eigenvalue weighted by Crippen LogP contribution is -2.18. The maximum Gasteiger partial charge on any atom is 0.345 e. The van der Waals surface area contributed by atoms with Crippen molar-refractivity contribution in [2.24, 2.45) is 5.73 Å². The monoisotopic (exact) mass is 217 g/mol. The maximum atomic E-state index is 10.6. The van der Waals surface area contributed by atoms with E-state index in [1.807, 2.05) is 0 Å². The summed E-state index contributed by atoms with van der Waals surface area (Å²) in [5, 5.41) is 8.72. The molecule has 0 bridgehead atoms. The van der Waals surface area contributed by atoms with E-state index in [9.17, 15) is 4.79 Å². The molecule has 2 rings (SSSR count). The van der Waals surface area contributed by atoms with Crippen molar-refractivity contribution in [3.8, 4) is 0 Å². The van der Waals surface area contributed by atoms with Gasteiger partial charge in [-0.1, -0.05) is 11.6 Å². The number of thiophene rings is 1. The van der Waals surface area contributed by atoms with Crippen LogP contribution < -0.4 is 5.73 Å². The molecule has 1 aromatic rings. The van der Waals surface area contributed by atoms with Crippen LogP contribution in [-0.2, 0) is 5.54 Å². The van der Waals surface area contributed by atoms with Gasteiger partial charge < -0.3 is 10.8 Å². The van der Waals surface area contributed by atoms with Gasteiger partial charge in [0.05, 0.1) is 4.34 Å². The third-order valence-corrected chi connectivity index (χ3v) is 3.57. The summed E-state index contributed by atoms with van der Waals surface area (Å²) in [7, 11) is 0. The predicted octanol–water partition coefficient (Wildman–Crippen LogP) is 2.05. The molecule has 1 fully saturated rings. The molecule has 1 aliphatic rings. The molecule has 3 N–H and O–H groups in total. The zero-order chi connectivity index (χ0) is 9.64. The number of carboxylic acids is 1. The molecule has 0 spiro atoms. The zero-order valence-corrected chi connectivity index (χ0v) is 8.28. The van der Waals surface area contributed by atoms with Gasteiger partial charge in [0, 0.05) is 11.1 Å². The van der Waals surface area contributed by atoms with Gasteiger partial charge in [-0.2, -0.15) is 0 Å². The van der Waals surface area contributed by atoms with Crippen LogP contribution in [0.25, 0.3) is 0 Å². The molecular weight excluding hydrogens is 210 g/mol. The number of carboxylic acid groups (broad SMARTS) is 1. The van der Waals surface area contributed by atoms with E-state index in [1.54, 1.807) is 6.07 Å². The van der Waals surface area contributed by atoms with Gasteiger partial charge in [0.2, 0.25) is 0 Å². The highest BCUT2D eigenvalue weighted by Crippen LogP contribution is 2.48. The van der Waals surface area contributed by atoms with E-state index < -0.39 is 5.97 Å². The van der Waals surface area contributed by atoms with E-state index in [-0.39, 0.29) is 10.4 Å². The Labute approximate surface area is 84.1 Å². The zero-order valence-electron chi connectivity index (χ0n) is 6.71. The molecule has 0 atom stereocenters. The van der Waals surface area contributed by atoms with Crippen LogP contribution in [0.1, 0.15) is 28.1 Å². The number of halogens is 1. The van der Waals surface area contributed by atoms with E-state index >= 15 is 0 Å². The number of hydrogen-bond donors (Lipinski definition) is 2.